The number of aromatic amines is 1. The van der Waals surface area contributed by atoms with E-state index in [1.165, 1.54) is 0 Å². The third-order valence-electron chi connectivity index (χ3n) is 6.38. The Morgan fingerprint density at radius 1 is 1.20 bits per heavy atom. The molecule has 1 aromatic heterocycles. The zero-order valence-corrected chi connectivity index (χ0v) is 19.5. The van der Waals surface area contributed by atoms with E-state index in [4.69, 9.17) is 4.74 Å². The molecule has 2 aliphatic rings. The zero-order valence-electron chi connectivity index (χ0n) is 19.5. The number of nitrogens with one attached hydrogen (secondary N) is 3. The van der Waals surface area contributed by atoms with Crippen molar-refractivity contribution in [2.24, 2.45) is 0 Å². The van der Waals surface area contributed by atoms with Crippen LogP contribution >= 0.6 is 0 Å². The van der Waals surface area contributed by atoms with Gasteiger partial charge in [0.2, 0.25) is 11.8 Å². The summed E-state index contributed by atoms with van der Waals surface area (Å²) in [5, 5.41) is 5.76. The van der Waals surface area contributed by atoms with Crippen molar-refractivity contribution in [3.05, 3.63) is 70.8 Å². The predicted molar refractivity (Wildman–Crippen MR) is 129 cm³/mol. The molecule has 0 atom stereocenters. The Hall–Kier alpha value is -4.14. The largest absolute Gasteiger partial charge is 0.457 e. The molecule has 0 unspecified atom stereocenters. The molecule has 3 heterocycles. The number of ether oxygens (including phenoxy) is 1. The van der Waals surface area contributed by atoms with Crippen molar-refractivity contribution in [3.8, 4) is 11.5 Å². The van der Waals surface area contributed by atoms with Crippen LogP contribution in [0.2, 0.25) is 0 Å². The van der Waals surface area contributed by atoms with Crippen molar-refractivity contribution in [1.82, 2.24) is 20.2 Å². The summed E-state index contributed by atoms with van der Waals surface area (Å²) in [5.41, 5.74) is 4.83. The molecule has 1 fully saturated rings. The van der Waals surface area contributed by atoms with Crippen molar-refractivity contribution in [3.63, 3.8) is 0 Å². The molecule has 0 radical (unpaired) electrons. The van der Waals surface area contributed by atoms with Gasteiger partial charge >= 0.3 is 0 Å². The number of imidazole rings is 1. The monoisotopic (exact) mass is 473 g/mol. The third kappa shape index (κ3) is 5.03. The molecule has 5 rings (SSSR count). The van der Waals surface area contributed by atoms with Gasteiger partial charge in [0, 0.05) is 61.1 Å². The predicted octanol–water partition coefficient (Wildman–Crippen LogP) is 3.10. The van der Waals surface area contributed by atoms with Crippen LogP contribution in [0.3, 0.4) is 0 Å². The van der Waals surface area contributed by atoms with Gasteiger partial charge in [-0.2, -0.15) is 0 Å². The molecule has 1 saturated heterocycles. The molecule has 0 aliphatic carbocycles. The van der Waals surface area contributed by atoms with Crippen molar-refractivity contribution >= 4 is 23.4 Å². The van der Waals surface area contributed by atoms with Gasteiger partial charge in [-0.05, 0) is 37.1 Å². The Morgan fingerprint density at radius 3 is 2.86 bits per heavy atom. The van der Waals surface area contributed by atoms with E-state index in [-0.39, 0.29) is 17.7 Å². The summed E-state index contributed by atoms with van der Waals surface area (Å²) in [6, 6.07) is 10.7. The van der Waals surface area contributed by atoms with Gasteiger partial charge in [0.15, 0.2) is 0 Å². The lowest BCUT2D eigenvalue weighted by Crippen LogP contribution is -2.26. The number of aromatic nitrogens is 2. The van der Waals surface area contributed by atoms with Crippen molar-refractivity contribution in [2.75, 3.05) is 18.4 Å². The molecular weight excluding hydrogens is 446 g/mol. The molecule has 3 aromatic rings. The van der Waals surface area contributed by atoms with E-state index in [0.717, 1.165) is 34.6 Å². The highest BCUT2D eigenvalue weighted by atomic mass is 16.5. The summed E-state index contributed by atoms with van der Waals surface area (Å²) in [4.78, 5) is 45.9. The van der Waals surface area contributed by atoms with Crippen LogP contribution in [0.15, 0.2) is 42.7 Å². The van der Waals surface area contributed by atoms with E-state index in [2.05, 4.69) is 20.6 Å². The van der Waals surface area contributed by atoms with Crippen molar-refractivity contribution in [2.45, 2.75) is 39.2 Å². The van der Waals surface area contributed by atoms with Crippen LogP contribution in [-0.4, -0.2) is 45.7 Å². The fourth-order valence-corrected chi connectivity index (χ4v) is 4.42. The van der Waals surface area contributed by atoms with E-state index in [1.54, 1.807) is 29.4 Å². The fourth-order valence-electron chi connectivity index (χ4n) is 4.42. The maximum atomic E-state index is 12.9. The molecule has 0 saturated carbocycles. The molecule has 2 aromatic carbocycles. The second-order valence-corrected chi connectivity index (χ2v) is 8.87. The smallest absolute Gasteiger partial charge is 0.251 e. The first kappa shape index (κ1) is 22.6. The maximum absolute atomic E-state index is 12.9. The van der Waals surface area contributed by atoms with Gasteiger partial charge in [-0.3, -0.25) is 14.4 Å². The van der Waals surface area contributed by atoms with Crippen LogP contribution in [0.1, 0.15) is 45.7 Å². The number of fused-ring (bicyclic) bond motifs is 1. The number of carbonyl (C=O) groups is 3. The average Bonchev–Trinajstić information content (AvgIpc) is 3.54. The number of H-pyrrole nitrogens is 1. The SMILES string of the molecule is Cc1[nH]cnc1CCNC(=O)c1ccc(CN2CCCC2=O)c(Oc2ccc3c(c2)NC(=O)C3)c1. The third-order valence-corrected chi connectivity index (χ3v) is 6.38. The Bertz CT molecular complexity index is 1300. The molecule has 0 bridgehead atoms. The number of nitrogens with zero attached hydrogens (tertiary/aromatic N) is 2. The van der Waals surface area contributed by atoms with Crippen molar-refractivity contribution < 1.29 is 19.1 Å². The van der Waals surface area contributed by atoms with Gasteiger partial charge in [-0.15, -0.1) is 0 Å². The highest BCUT2D eigenvalue weighted by Gasteiger charge is 2.23. The van der Waals surface area contributed by atoms with E-state index >= 15 is 0 Å². The molecular formula is C26H27N5O4. The molecule has 0 spiro atoms. The number of amides is 3. The molecule has 35 heavy (non-hydrogen) atoms. The molecule has 3 amide bonds. The zero-order chi connectivity index (χ0) is 24.4. The van der Waals surface area contributed by atoms with Gasteiger partial charge in [0.05, 0.1) is 18.4 Å². The van der Waals surface area contributed by atoms with Crippen LogP contribution in [-0.2, 0) is 29.0 Å². The van der Waals surface area contributed by atoms with Gasteiger partial charge < -0.3 is 25.3 Å². The second-order valence-electron chi connectivity index (χ2n) is 8.87. The fraction of sp³-hybridized carbons (Fsp3) is 0.308. The molecule has 180 valence electrons. The minimum absolute atomic E-state index is 0.0471. The number of likely N-dealkylation sites (tertiary alicyclic amines) is 1. The maximum Gasteiger partial charge on any atom is 0.251 e. The standard InChI is InChI=1S/C26H27N5O4/c1-16-21(29-15-28-16)8-9-27-26(34)18-4-5-19(14-31-10-2-3-25(31)33)23(11-18)35-20-7-6-17-12-24(32)30-22(17)13-20/h4-7,11,13,15H,2-3,8-10,12,14H2,1H3,(H,27,34)(H,28,29)(H,30,32). The summed E-state index contributed by atoms with van der Waals surface area (Å²) >= 11 is 0. The van der Waals surface area contributed by atoms with Gasteiger partial charge in [-0.1, -0.05) is 12.1 Å². The van der Waals surface area contributed by atoms with Crippen LogP contribution < -0.4 is 15.4 Å². The lowest BCUT2D eigenvalue weighted by molar-refractivity contribution is -0.128. The Balaban J connectivity index is 1.35. The number of hydrogen-bond donors (Lipinski definition) is 3. The van der Waals surface area contributed by atoms with Crippen LogP contribution in [0.25, 0.3) is 0 Å². The first-order valence-corrected chi connectivity index (χ1v) is 11.7. The Morgan fingerprint density at radius 2 is 2.09 bits per heavy atom. The summed E-state index contributed by atoms with van der Waals surface area (Å²) in [5.74, 6) is 0.907. The summed E-state index contributed by atoms with van der Waals surface area (Å²) < 4.78 is 6.20. The number of aryl methyl sites for hydroxylation is 1. The van der Waals surface area contributed by atoms with Crippen molar-refractivity contribution in [1.29, 1.82) is 0 Å². The summed E-state index contributed by atoms with van der Waals surface area (Å²) in [6.07, 6.45) is 4.02. The first-order valence-electron chi connectivity index (χ1n) is 11.7. The van der Waals surface area contributed by atoms with Gasteiger partial charge in [-0.25, -0.2) is 4.98 Å². The number of benzene rings is 2. The lowest BCUT2D eigenvalue weighted by Gasteiger charge is -2.19. The minimum atomic E-state index is -0.215. The highest BCUT2D eigenvalue weighted by Crippen LogP contribution is 2.33. The van der Waals surface area contributed by atoms with E-state index in [1.807, 2.05) is 25.1 Å². The minimum Gasteiger partial charge on any atom is -0.457 e. The van der Waals surface area contributed by atoms with Gasteiger partial charge in [0.25, 0.3) is 5.91 Å². The summed E-state index contributed by atoms with van der Waals surface area (Å²) in [6.45, 7) is 3.52. The van der Waals surface area contributed by atoms with E-state index in [9.17, 15) is 14.4 Å². The molecule has 9 heteroatoms. The highest BCUT2D eigenvalue weighted by molar-refractivity contribution is 5.99. The molecule has 9 nitrogen and oxygen atoms in total. The molecule has 2 aliphatic heterocycles. The Kier molecular flexibility index (Phi) is 6.22. The van der Waals surface area contributed by atoms with Gasteiger partial charge in [0.1, 0.15) is 11.5 Å². The number of anilines is 1. The lowest BCUT2D eigenvalue weighted by atomic mass is 10.1. The van der Waals surface area contributed by atoms with Crippen LogP contribution in [0.5, 0.6) is 11.5 Å². The topological polar surface area (TPSA) is 116 Å². The average molecular weight is 474 g/mol. The second kappa shape index (κ2) is 9.61. The van der Waals surface area contributed by atoms with Crippen LogP contribution in [0.4, 0.5) is 5.69 Å². The Labute approximate surface area is 202 Å². The van der Waals surface area contributed by atoms with E-state index < -0.39 is 0 Å². The summed E-state index contributed by atoms with van der Waals surface area (Å²) in [7, 11) is 0. The number of rotatable bonds is 8. The van der Waals surface area contributed by atoms with E-state index in [0.29, 0.717) is 56.0 Å². The quantitative estimate of drug-likeness (QED) is 0.465. The first-order chi connectivity index (χ1) is 17.0. The molecule has 3 N–H and O–H groups in total. The normalized spacial score (nSPS) is 14.7. The number of hydrogen-bond acceptors (Lipinski definition) is 5. The van der Waals surface area contributed by atoms with Crippen LogP contribution in [0, 0.1) is 6.92 Å². The number of carbonyl (C=O) groups excluding carboxylic acids is 3.